The Labute approximate surface area is 113 Å². The van der Waals surface area contributed by atoms with Crippen LogP contribution in [-0.2, 0) is 11.2 Å². The van der Waals surface area contributed by atoms with Crippen molar-refractivity contribution in [3.05, 3.63) is 35.4 Å². The zero-order chi connectivity index (χ0) is 13.1. The predicted octanol–water partition coefficient (Wildman–Crippen LogP) is 1.10. The third-order valence-electron chi connectivity index (χ3n) is 3.64. The van der Waals surface area contributed by atoms with E-state index in [0.717, 1.165) is 44.0 Å². The summed E-state index contributed by atoms with van der Waals surface area (Å²) in [7, 11) is 0. The standard InChI is InChI=1S/C15H19N3O/c19-15-11-13-10-12(3-4-14(13)17-15)2-1-7-18-8-5-16-6-9-18/h1-4,10,16H,5-9,11H2,(H,17,19)/b2-1+. The van der Waals surface area contributed by atoms with E-state index in [1.54, 1.807) is 0 Å². The van der Waals surface area contributed by atoms with Crippen molar-refractivity contribution in [2.24, 2.45) is 0 Å². The van der Waals surface area contributed by atoms with Gasteiger partial charge in [0.25, 0.3) is 0 Å². The maximum Gasteiger partial charge on any atom is 0.228 e. The largest absolute Gasteiger partial charge is 0.326 e. The van der Waals surface area contributed by atoms with Gasteiger partial charge in [-0.05, 0) is 23.3 Å². The SMILES string of the molecule is O=C1Cc2cc(/C=C/CN3CCNCC3)ccc2N1. The Hall–Kier alpha value is -1.65. The van der Waals surface area contributed by atoms with Crippen LogP contribution in [0.1, 0.15) is 11.1 Å². The lowest BCUT2D eigenvalue weighted by molar-refractivity contribution is -0.115. The van der Waals surface area contributed by atoms with Crippen LogP contribution in [0.4, 0.5) is 5.69 Å². The molecule has 0 saturated carbocycles. The average molecular weight is 257 g/mol. The van der Waals surface area contributed by atoms with Crippen molar-refractivity contribution in [1.82, 2.24) is 10.2 Å². The second-order valence-corrected chi connectivity index (χ2v) is 5.09. The van der Waals surface area contributed by atoms with E-state index >= 15 is 0 Å². The van der Waals surface area contributed by atoms with Gasteiger partial charge >= 0.3 is 0 Å². The van der Waals surface area contributed by atoms with Crippen LogP contribution in [0, 0.1) is 0 Å². The zero-order valence-corrected chi connectivity index (χ0v) is 11.0. The molecule has 1 saturated heterocycles. The van der Waals surface area contributed by atoms with Crippen molar-refractivity contribution in [3.63, 3.8) is 0 Å². The smallest absolute Gasteiger partial charge is 0.228 e. The quantitative estimate of drug-likeness (QED) is 0.852. The molecule has 2 aliphatic rings. The number of carbonyl (C=O) groups is 1. The minimum Gasteiger partial charge on any atom is -0.326 e. The zero-order valence-electron chi connectivity index (χ0n) is 11.0. The van der Waals surface area contributed by atoms with Crippen LogP contribution < -0.4 is 10.6 Å². The second-order valence-electron chi connectivity index (χ2n) is 5.09. The van der Waals surface area contributed by atoms with Gasteiger partial charge in [-0.15, -0.1) is 0 Å². The topological polar surface area (TPSA) is 44.4 Å². The molecule has 1 fully saturated rings. The first-order valence-electron chi connectivity index (χ1n) is 6.84. The Kier molecular flexibility index (Phi) is 3.62. The predicted molar refractivity (Wildman–Crippen MR) is 77.1 cm³/mol. The summed E-state index contributed by atoms with van der Waals surface area (Å²) in [5, 5.41) is 6.20. The molecule has 19 heavy (non-hydrogen) atoms. The van der Waals surface area contributed by atoms with Crippen LogP contribution in [0.15, 0.2) is 24.3 Å². The monoisotopic (exact) mass is 257 g/mol. The van der Waals surface area contributed by atoms with Gasteiger partial charge in [-0.1, -0.05) is 18.2 Å². The molecule has 2 heterocycles. The molecular formula is C15H19N3O. The molecule has 2 aliphatic heterocycles. The van der Waals surface area contributed by atoms with Crippen LogP contribution >= 0.6 is 0 Å². The first-order chi connectivity index (χ1) is 9.31. The highest BCUT2D eigenvalue weighted by Crippen LogP contribution is 2.24. The van der Waals surface area contributed by atoms with Crippen LogP contribution in [0.5, 0.6) is 0 Å². The maximum absolute atomic E-state index is 11.3. The van der Waals surface area contributed by atoms with Crippen molar-refractivity contribution in [2.45, 2.75) is 6.42 Å². The van der Waals surface area contributed by atoms with E-state index in [1.165, 1.54) is 5.56 Å². The van der Waals surface area contributed by atoms with Gasteiger partial charge in [0.2, 0.25) is 5.91 Å². The molecule has 100 valence electrons. The molecule has 1 amide bonds. The highest BCUT2D eigenvalue weighted by atomic mass is 16.1. The maximum atomic E-state index is 11.3. The molecule has 4 heteroatoms. The van der Waals surface area contributed by atoms with Crippen LogP contribution in [0.3, 0.4) is 0 Å². The average Bonchev–Trinajstić information content (AvgIpc) is 2.79. The first-order valence-corrected chi connectivity index (χ1v) is 6.84. The lowest BCUT2D eigenvalue weighted by atomic mass is 10.1. The molecule has 3 rings (SSSR count). The van der Waals surface area contributed by atoms with Crippen molar-refractivity contribution < 1.29 is 4.79 Å². The van der Waals surface area contributed by atoms with E-state index in [0.29, 0.717) is 6.42 Å². The minimum absolute atomic E-state index is 0.0944. The Morgan fingerprint density at radius 2 is 2.11 bits per heavy atom. The Morgan fingerprint density at radius 3 is 2.95 bits per heavy atom. The number of nitrogens with zero attached hydrogens (tertiary/aromatic N) is 1. The van der Waals surface area contributed by atoms with Crippen molar-refractivity contribution in [1.29, 1.82) is 0 Å². The van der Waals surface area contributed by atoms with E-state index in [2.05, 4.69) is 39.8 Å². The molecule has 0 atom stereocenters. The molecule has 2 N–H and O–H groups in total. The number of anilines is 1. The molecule has 0 bridgehead atoms. The fraction of sp³-hybridized carbons (Fsp3) is 0.400. The van der Waals surface area contributed by atoms with Gasteiger partial charge in [0.05, 0.1) is 6.42 Å². The molecule has 4 nitrogen and oxygen atoms in total. The van der Waals surface area contributed by atoms with Gasteiger partial charge in [0.15, 0.2) is 0 Å². The van der Waals surface area contributed by atoms with E-state index in [-0.39, 0.29) is 5.91 Å². The summed E-state index contributed by atoms with van der Waals surface area (Å²) >= 11 is 0. The van der Waals surface area contributed by atoms with Gasteiger partial charge in [0.1, 0.15) is 0 Å². The highest BCUT2D eigenvalue weighted by molar-refractivity contribution is 5.99. The summed E-state index contributed by atoms with van der Waals surface area (Å²) in [6, 6.07) is 6.14. The van der Waals surface area contributed by atoms with Crippen LogP contribution in [-0.4, -0.2) is 43.5 Å². The summed E-state index contributed by atoms with van der Waals surface area (Å²) < 4.78 is 0. The van der Waals surface area contributed by atoms with Gasteiger partial charge in [0, 0.05) is 38.4 Å². The number of nitrogens with one attached hydrogen (secondary N) is 2. The van der Waals surface area contributed by atoms with E-state index in [1.807, 2.05) is 6.07 Å². The number of amides is 1. The van der Waals surface area contributed by atoms with Crippen molar-refractivity contribution >= 4 is 17.7 Å². The van der Waals surface area contributed by atoms with Gasteiger partial charge < -0.3 is 10.6 Å². The fourth-order valence-corrected chi connectivity index (χ4v) is 2.58. The van der Waals surface area contributed by atoms with Crippen LogP contribution in [0.25, 0.3) is 6.08 Å². The van der Waals surface area contributed by atoms with E-state index < -0.39 is 0 Å². The number of hydrogen-bond donors (Lipinski definition) is 2. The van der Waals surface area contributed by atoms with Crippen LogP contribution in [0.2, 0.25) is 0 Å². The van der Waals surface area contributed by atoms with Crippen molar-refractivity contribution in [3.8, 4) is 0 Å². The lowest BCUT2D eigenvalue weighted by Crippen LogP contribution is -2.43. The number of benzene rings is 1. The number of piperazine rings is 1. The van der Waals surface area contributed by atoms with Gasteiger partial charge in [-0.25, -0.2) is 0 Å². The summed E-state index contributed by atoms with van der Waals surface area (Å²) in [4.78, 5) is 13.7. The number of fused-ring (bicyclic) bond motifs is 1. The van der Waals surface area contributed by atoms with E-state index in [4.69, 9.17) is 0 Å². The summed E-state index contributed by atoms with van der Waals surface area (Å²) in [5.74, 6) is 0.0944. The summed E-state index contributed by atoms with van der Waals surface area (Å²) in [6.07, 6.45) is 4.86. The number of rotatable bonds is 3. The molecule has 0 aromatic heterocycles. The number of hydrogen-bond acceptors (Lipinski definition) is 3. The summed E-state index contributed by atoms with van der Waals surface area (Å²) in [5.41, 5.74) is 3.24. The normalized spacial score (nSPS) is 19.7. The third-order valence-corrected chi connectivity index (χ3v) is 3.64. The lowest BCUT2D eigenvalue weighted by Gasteiger charge is -2.25. The molecule has 0 radical (unpaired) electrons. The molecule has 1 aromatic rings. The molecule has 0 spiro atoms. The number of carbonyl (C=O) groups excluding carboxylic acids is 1. The van der Waals surface area contributed by atoms with Gasteiger partial charge in [-0.3, -0.25) is 9.69 Å². The molecule has 0 unspecified atom stereocenters. The first kappa shape index (κ1) is 12.4. The Morgan fingerprint density at radius 1 is 1.26 bits per heavy atom. The third kappa shape index (κ3) is 3.03. The highest BCUT2D eigenvalue weighted by Gasteiger charge is 2.16. The van der Waals surface area contributed by atoms with E-state index in [9.17, 15) is 4.79 Å². The molecule has 1 aromatic carbocycles. The fourth-order valence-electron chi connectivity index (χ4n) is 2.58. The minimum atomic E-state index is 0.0944. The molecule has 0 aliphatic carbocycles. The van der Waals surface area contributed by atoms with Gasteiger partial charge in [-0.2, -0.15) is 0 Å². The second kappa shape index (κ2) is 5.55. The van der Waals surface area contributed by atoms with Crippen molar-refractivity contribution in [2.75, 3.05) is 38.0 Å². The summed E-state index contributed by atoms with van der Waals surface area (Å²) in [6.45, 7) is 5.40. The molecular weight excluding hydrogens is 238 g/mol. The Balaban J connectivity index is 1.60. The Bertz CT molecular complexity index is 504.